The van der Waals surface area contributed by atoms with Gasteiger partial charge in [-0.05, 0) is 30.7 Å². The lowest BCUT2D eigenvalue weighted by Crippen LogP contribution is -2.73. The van der Waals surface area contributed by atoms with Crippen LogP contribution >= 0.6 is 11.6 Å². The molecular weight excluding hydrogens is 462 g/mol. The van der Waals surface area contributed by atoms with E-state index in [-0.39, 0.29) is 11.8 Å². The van der Waals surface area contributed by atoms with Gasteiger partial charge in [-0.1, -0.05) is 11.6 Å². The number of anilines is 2. The van der Waals surface area contributed by atoms with Gasteiger partial charge < -0.3 is 9.80 Å². The normalized spacial score (nSPS) is 24.2. The minimum atomic E-state index is -2.64. The number of alkyl halides is 2. The Morgan fingerprint density at radius 2 is 1.79 bits per heavy atom. The van der Waals surface area contributed by atoms with Gasteiger partial charge in [0.1, 0.15) is 5.82 Å². The Hall–Kier alpha value is -2.85. The Kier molecular flexibility index (Phi) is 4.13. The Bertz CT molecular complexity index is 1300. The van der Waals surface area contributed by atoms with Crippen molar-refractivity contribution in [3.8, 4) is 5.69 Å². The molecule has 0 N–H and O–H groups in total. The van der Waals surface area contributed by atoms with Crippen molar-refractivity contribution in [3.63, 3.8) is 0 Å². The summed E-state index contributed by atoms with van der Waals surface area (Å²) in [4.78, 5) is 15.1. The Morgan fingerprint density at radius 1 is 1.03 bits per heavy atom. The van der Waals surface area contributed by atoms with E-state index in [1.807, 2.05) is 35.9 Å². The first-order valence-corrected chi connectivity index (χ1v) is 11.8. The van der Waals surface area contributed by atoms with Crippen molar-refractivity contribution >= 4 is 23.4 Å². The highest BCUT2D eigenvalue weighted by molar-refractivity contribution is 6.30. The lowest BCUT2D eigenvalue weighted by Gasteiger charge is -2.60. The molecule has 3 aliphatic heterocycles. The molecule has 34 heavy (non-hydrogen) atoms. The maximum Gasteiger partial charge on any atom is 0.265 e. The van der Waals surface area contributed by atoms with E-state index in [1.54, 1.807) is 11.1 Å². The van der Waals surface area contributed by atoms with Crippen molar-refractivity contribution in [1.82, 2.24) is 29.6 Å². The van der Waals surface area contributed by atoms with Crippen LogP contribution in [-0.4, -0.2) is 67.8 Å². The number of rotatable bonds is 3. The highest BCUT2D eigenvalue weighted by atomic mass is 35.5. The van der Waals surface area contributed by atoms with Gasteiger partial charge in [-0.15, -0.1) is 10.2 Å². The summed E-state index contributed by atoms with van der Waals surface area (Å²) < 4.78 is 29.9. The van der Waals surface area contributed by atoms with Gasteiger partial charge in [-0.3, -0.25) is 14.5 Å². The predicted molar refractivity (Wildman–Crippen MR) is 123 cm³/mol. The molecule has 1 saturated carbocycles. The monoisotopic (exact) mass is 484 g/mol. The minimum absolute atomic E-state index is 0.111. The molecule has 1 aliphatic carbocycles. The number of halogens is 3. The minimum Gasteiger partial charge on any atom is -0.354 e. The van der Waals surface area contributed by atoms with Crippen molar-refractivity contribution in [2.24, 2.45) is 5.41 Å². The standard InChI is InChI=1S/C23H23ClF2N8/c1-14-6-27-7-19(28-14)32-10-22(11-32)12-33(13-22)21-30-29-20-9-31(18-5-23(18,25)26)8-15-4-16(24)2-3-17(15)34(20)21/h2-4,6-7,18H,5,8-13H2,1H3. The summed E-state index contributed by atoms with van der Waals surface area (Å²) in [6, 6.07) is 4.89. The van der Waals surface area contributed by atoms with Crippen LogP contribution in [0.5, 0.6) is 0 Å². The maximum atomic E-state index is 13.9. The molecule has 7 rings (SSSR count). The number of aromatic nitrogens is 5. The number of hydrogen-bond donors (Lipinski definition) is 0. The molecule has 0 bridgehead atoms. The first kappa shape index (κ1) is 20.5. The van der Waals surface area contributed by atoms with Gasteiger partial charge >= 0.3 is 0 Å². The highest BCUT2D eigenvalue weighted by Crippen LogP contribution is 2.48. The van der Waals surface area contributed by atoms with Crippen LogP contribution in [0, 0.1) is 12.3 Å². The van der Waals surface area contributed by atoms with Gasteiger partial charge in [0, 0.05) is 55.8 Å². The van der Waals surface area contributed by atoms with E-state index < -0.39 is 12.0 Å². The fraction of sp³-hybridized carbons (Fsp3) is 0.478. The van der Waals surface area contributed by atoms with E-state index in [2.05, 4.69) is 30.0 Å². The smallest absolute Gasteiger partial charge is 0.265 e. The third-order valence-electron chi connectivity index (χ3n) is 7.40. The van der Waals surface area contributed by atoms with Gasteiger partial charge in [0.25, 0.3) is 5.92 Å². The van der Waals surface area contributed by atoms with Crippen LogP contribution in [0.1, 0.15) is 23.5 Å². The number of benzene rings is 1. The van der Waals surface area contributed by atoms with Crippen LogP contribution in [0.25, 0.3) is 5.69 Å². The molecule has 176 valence electrons. The van der Waals surface area contributed by atoms with Gasteiger partial charge in [0.2, 0.25) is 5.95 Å². The Morgan fingerprint density at radius 3 is 2.53 bits per heavy atom. The number of fused-ring (bicyclic) bond motifs is 3. The van der Waals surface area contributed by atoms with Gasteiger partial charge in [0.15, 0.2) is 5.82 Å². The fourth-order valence-electron chi connectivity index (χ4n) is 5.66. The van der Waals surface area contributed by atoms with Crippen molar-refractivity contribution in [2.75, 3.05) is 36.0 Å². The quantitative estimate of drug-likeness (QED) is 0.566. The zero-order valence-electron chi connectivity index (χ0n) is 18.6. The van der Waals surface area contributed by atoms with E-state index in [4.69, 9.17) is 11.6 Å². The summed E-state index contributed by atoms with van der Waals surface area (Å²) in [5.41, 5.74) is 2.94. The van der Waals surface area contributed by atoms with Crippen LogP contribution in [0.15, 0.2) is 30.6 Å². The largest absolute Gasteiger partial charge is 0.354 e. The molecule has 5 heterocycles. The number of hydrogen-bond acceptors (Lipinski definition) is 7. The van der Waals surface area contributed by atoms with Crippen molar-refractivity contribution < 1.29 is 8.78 Å². The summed E-state index contributed by atoms with van der Waals surface area (Å²) >= 11 is 6.28. The second-order valence-corrected chi connectivity index (χ2v) is 10.6. The first-order valence-electron chi connectivity index (χ1n) is 11.4. The second-order valence-electron chi connectivity index (χ2n) is 10.1. The molecule has 3 aromatic rings. The van der Waals surface area contributed by atoms with Gasteiger partial charge in [0.05, 0.1) is 30.2 Å². The molecule has 1 spiro atoms. The molecule has 4 aliphatic rings. The van der Waals surface area contributed by atoms with E-state index in [1.165, 1.54) is 0 Å². The van der Waals surface area contributed by atoms with Crippen LogP contribution in [0.4, 0.5) is 20.5 Å². The lowest BCUT2D eigenvalue weighted by atomic mass is 9.73. The van der Waals surface area contributed by atoms with Gasteiger partial charge in [-0.25, -0.2) is 13.8 Å². The van der Waals surface area contributed by atoms with E-state index >= 15 is 0 Å². The van der Waals surface area contributed by atoms with Gasteiger partial charge in [-0.2, -0.15) is 0 Å². The van der Waals surface area contributed by atoms with Crippen LogP contribution in [0.3, 0.4) is 0 Å². The molecule has 1 unspecified atom stereocenters. The third-order valence-corrected chi connectivity index (χ3v) is 7.64. The van der Waals surface area contributed by atoms with Crippen molar-refractivity contribution in [1.29, 1.82) is 0 Å². The zero-order chi connectivity index (χ0) is 23.2. The molecule has 3 fully saturated rings. The highest BCUT2D eigenvalue weighted by Gasteiger charge is 2.60. The Labute approximate surface area is 200 Å². The SMILES string of the molecule is Cc1cncc(N2CC3(C2)CN(c2nnc4n2-c2ccc(Cl)cc2CN(C2CC2(F)F)C4)C3)n1. The van der Waals surface area contributed by atoms with Crippen molar-refractivity contribution in [3.05, 3.63) is 52.7 Å². The maximum absolute atomic E-state index is 13.9. The molecular formula is C23H23ClF2N8. The molecule has 2 saturated heterocycles. The summed E-state index contributed by atoms with van der Waals surface area (Å²) in [5.74, 6) is -0.270. The molecule has 2 aromatic heterocycles. The molecule has 0 amide bonds. The second kappa shape index (κ2) is 6.85. The van der Waals surface area contributed by atoms with Crippen LogP contribution in [0.2, 0.25) is 5.02 Å². The fourth-order valence-corrected chi connectivity index (χ4v) is 5.86. The zero-order valence-corrected chi connectivity index (χ0v) is 19.4. The molecule has 11 heteroatoms. The number of aryl methyl sites for hydroxylation is 1. The Balaban J connectivity index is 1.15. The lowest BCUT2D eigenvalue weighted by molar-refractivity contribution is 0.0663. The third kappa shape index (κ3) is 3.11. The molecule has 8 nitrogen and oxygen atoms in total. The summed E-state index contributed by atoms with van der Waals surface area (Å²) in [6.45, 7) is 6.29. The molecule has 0 radical (unpaired) electrons. The topological polar surface area (TPSA) is 66.2 Å². The molecule has 1 aromatic carbocycles. The first-order chi connectivity index (χ1) is 16.3. The summed E-state index contributed by atoms with van der Waals surface area (Å²) in [7, 11) is 0. The average Bonchev–Trinajstić information content (AvgIpc) is 3.24. The van der Waals surface area contributed by atoms with E-state index in [9.17, 15) is 8.78 Å². The summed E-state index contributed by atoms with van der Waals surface area (Å²) in [5, 5.41) is 9.53. The van der Waals surface area contributed by atoms with Crippen molar-refractivity contribution in [2.45, 2.75) is 38.4 Å². The van der Waals surface area contributed by atoms with E-state index in [0.717, 1.165) is 54.9 Å². The predicted octanol–water partition coefficient (Wildman–Crippen LogP) is 3.07. The van der Waals surface area contributed by atoms with Crippen LogP contribution < -0.4 is 9.80 Å². The average molecular weight is 485 g/mol. The van der Waals surface area contributed by atoms with E-state index in [0.29, 0.717) is 23.9 Å². The summed E-state index contributed by atoms with van der Waals surface area (Å²) in [6.07, 6.45) is 3.46. The molecule has 1 atom stereocenters. The van der Waals surface area contributed by atoms with Crippen LogP contribution in [-0.2, 0) is 13.1 Å². The number of nitrogens with zero attached hydrogens (tertiary/aromatic N) is 8.